The Bertz CT molecular complexity index is 588. The Morgan fingerprint density at radius 3 is 2.50 bits per heavy atom. The maximum absolute atomic E-state index is 2.31. The van der Waals surface area contributed by atoms with Gasteiger partial charge in [-0.15, -0.1) is 0 Å². The summed E-state index contributed by atoms with van der Waals surface area (Å²) in [6.07, 6.45) is 6.77. The summed E-state index contributed by atoms with van der Waals surface area (Å²) in [5, 5.41) is 2.64. The molecular formula is C16H14. The summed E-state index contributed by atoms with van der Waals surface area (Å²) in [5.41, 5.74) is 2.74. The number of benzene rings is 2. The Morgan fingerprint density at radius 1 is 0.938 bits per heavy atom. The van der Waals surface area contributed by atoms with Crippen molar-refractivity contribution in [1.29, 1.82) is 0 Å². The minimum absolute atomic E-state index is 0.463. The minimum atomic E-state index is 0.463. The normalized spacial score (nSPS) is 19.1. The molecule has 1 aliphatic rings. The fourth-order valence-corrected chi connectivity index (χ4v) is 2.27. The van der Waals surface area contributed by atoms with Gasteiger partial charge in [0.1, 0.15) is 0 Å². The Morgan fingerprint density at radius 2 is 1.75 bits per heavy atom. The number of hydrogen-bond donors (Lipinski definition) is 0. The third-order valence-corrected chi connectivity index (χ3v) is 3.17. The van der Waals surface area contributed by atoms with Crippen molar-refractivity contribution in [3.63, 3.8) is 0 Å². The Labute approximate surface area is 95.9 Å². The Kier molecular flexibility index (Phi) is 2.14. The molecule has 0 saturated heterocycles. The lowest BCUT2D eigenvalue weighted by atomic mass is 9.97. The SMILES string of the molecule is CC1=CC(c2ccc3ccccc3c2)C=C1. The van der Waals surface area contributed by atoms with E-state index < -0.39 is 0 Å². The molecule has 1 aliphatic carbocycles. The van der Waals surface area contributed by atoms with Gasteiger partial charge in [-0.3, -0.25) is 0 Å². The molecule has 0 aromatic heterocycles. The van der Waals surface area contributed by atoms with Gasteiger partial charge >= 0.3 is 0 Å². The second-order valence-corrected chi connectivity index (χ2v) is 4.40. The van der Waals surface area contributed by atoms with Gasteiger partial charge in [-0.05, 0) is 23.3 Å². The molecule has 0 heteroatoms. The molecule has 1 unspecified atom stereocenters. The molecule has 0 saturated carbocycles. The van der Waals surface area contributed by atoms with Gasteiger partial charge in [0, 0.05) is 5.92 Å². The average molecular weight is 206 g/mol. The Hall–Kier alpha value is -1.82. The van der Waals surface area contributed by atoms with Gasteiger partial charge in [0.05, 0.1) is 0 Å². The van der Waals surface area contributed by atoms with Crippen LogP contribution in [0, 0.1) is 0 Å². The maximum atomic E-state index is 2.31. The quantitative estimate of drug-likeness (QED) is 0.647. The average Bonchev–Trinajstić information content (AvgIpc) is 2.75. The van der Waals surface area contributed by atoms with Crippen molar-refractivity contribution in [2.45, 2.75) is 12.8 Å². The van der Waals surface area contributed by atoms with E-state index in [1.807, 2.05) is 0 Å². The lowest BCUT2D eigenvalue weighted by Gasteiger charge is -2.07. The number of fused-ring (bicyclic) bond motifs is 1. The predicted octanol–water partition coefficient (Wildman–Crippen LogP) is 4.44. The Balaban J connectivity index is 2.09. The van der Waals surface area contributed by atoms with Gasteiger partial charge in [0.15, 0.2) is 0 Å². The van der Waals surface area contributed by atoms with Crippen molar-refractivity contribution < 1.29 is 0 Å². The van der Waals surface area contributed by atoms with Crippen LogP contribution in [0.2, 0.25) is 0 Å². The molecule has 3 rings (SSSR count). The fourth-order valence-electron chi connectivity index (χ4n) is 2.27. The molecule has 0 bridgehead atoms. The van der Waals surface area contributed by atoms with Crippen LogP contribution in [0.25, 0.3) is 10.8 Å². The molecule has 78 valence electrons. The second kappa shape index (κ2) is 3.64. The van der Waals surface area contributed by atoms with Crippen LogP contribution < -0.4 is 0 Å². The molecule has 0 aliphatic heterocycles. The van der Waals surface area contributed by atoms with E-state index in [9.17, 15) is 0 Å². The zero-order chi connectivity index (χ0) is 11.0. The number of allylic oxidation sites excluding steroid dienone is 4. The van der Waals surface area contributed by atoms with Crippen LogP contribution >= 0.6 is 0 Å². The predicted molar refractivity (Wildman–Crippen MR) is 69.6 cm³/mol. The summed E-state index contributed by atoms with van der Waals surface area (Å²) in [5.74, 6) is 0.463. The number of rotatable bonds is 1. The molecule has 1 atom stereocenters. The van der Waals surface area contributed by atoms with Crippen molar-refractivity contribution in [3.8, 4) is 0 Å². The van der Waals surface area contributed by atoms with Gasteiger partial charge in [-0.1, -0.05) is 66.3 Å². The first kappa shape index (κ1) is 9.41. The van der Waals surface area contributed by atoms with E-state index in [0.29, 0.717) is 5.92 Å². The summed E-state index contributed by atoms with van der Waals surface area (Å²) in [7, 11) is 0. The molecule has 0 amide bonds. The second-order valence-electron chi connectivity index (χ2n) is 4.40. The van der Waals surface area contributed by atoms with E-state index in [2.05, 4.69) is 67.6 Å². The van der Waals surface area contributed by atoms with Crippen LogP contribution in [0.5, 0.6) is 0 Å². The van der Waals surface area contributed by atoms with Crippen molar-refractivity contribution in [1.82, 2.24) is 0 Å². The molecule has 2 aromatic rings. The standard InChI is InChI=1S/C16H14/c1-12-6-7-15(10-12)16-9-8-13-4-2-3-5-14(13)11-16/h2-11,15H,1H3. The highest BCUT2D eigenvalue weighted by molar-refractivity contribution is 5.83. The third-order valence-electron chi connectivity index (χ3n) is 3.17. The van der Waals surface area contributed by atoms with Crippen LogP contribution in [0.4, 0.5) is 0 Å². The van der Waals surface area contributed by atoms with Crippen molar-refractivity contribution >= 4 is 10.8 Å². The molecule has 2 aromatic carbocycles. The highest BCUT2D eigenvalue weighted by Crippen LogP contribution is 2.28. The molecule has 0 radical (unpaired) electrons. The van der Waals surface area contributed by atoms with Crippen LogP contribution in [-0.2, 0) is 0 Å². The molecule has 0 nitrogen and oxygen atoms in total. The van der Waals surface area contributed by atoms with Gasteiger partial charge in [0.2, 0.25) is 0 Å². The van der Waals surface area contributed by atoms with Crippen molar-refractivity contribution in [2.24, 2.45) is 0 Å². The van der Waals surface area contributed by atoms with Crippen LogP contribution in [0.1, 0.15) is 18.4 Å². The topological polar surface area (TPSA) is 0 Å². The van der Waals surface area contributed by atoms with Crippen LogP contribution in [0.15, 0.2) is 66.3 Å². The van der Waals surface area contributed by atoms with Crippen molar-refractivity contribution in [3.05, 3.63) is 71.8 Å². The highest BCUT2D eigenvalue weighted by Gasteiger charge is 2.09. The van der Waals surface area contributed by atoms with Gasteiger partial charge in [-0.25, -0.2) is 0 Å². The molecule has 0 heterocycles. The summed E-state index contributed by atoms with van der Waals surface area (Å²) in [4.78, 5) is 0. The lowest BCUT2D eigenvalue weighted by molar-refractivity contribution is 1.10. The molecular weight excluding hydrogens is 192 g/mol. The van der Waals surface area contributed by atoms with E-state index in [0.717, 1.165) is 0 Å². The van der Waals surface area contributed by atoms with Gasteiger partial charge < -0.3 is 0 Å². The van der Waals surface area contributed by atoms with Crippen LogP contribution in [-0.4, -0.2) is 0 Å². The van der Waals surface area contributed by atoms with Crippen molar-refractivity contribution in [2.75, 3.05) is 0 Å². The highest BCUT2D eigenvalue weighted by atomic mass is 14.1. The van der Waals surface area contributed by atoms with E-state index in [1.54, 1.807) is 0 Å². The first-order valence-corrected chi connectivity index (χ1v) is 5.68. The van der Waals surface area contributed by atoms with E-state index in [4.69, 9.17) is 0 Å². The smallest absolute Gasteiger partial charge is 0.0207 e. The molecule has 0 N–H and O–H groups in total. The largest absolute Gasteiger partial charge is 0.0730 e. The molecule has 16 heavy (non-hydrogen) atoms. The van der Waals surface area contributed by atoms with E-state index >= 15 is 0 Å². The minimum Gasteiger partial charge on any atom is -0.0730 e. The summed E-state index contributed by atoms with van der Waals surface area (Å²) >= 11 is 0. The van der Waals surface area contributed by atoms with Crippen LogP contribution in [0.3, 0.4) is 0 Å². The third kappa shape index (κ3) is 1.57. The number of hydrogen-bond acceptors (Lipinski definition) is 0. The summed E-state index contributed by atoms with van der Waals surface area (Å²) in [6.45, 7) is 2.15. The summed E-state index contributed by atoms with van der Waals surface area (Å²) in [6, 6.07) is 15.2. The zero-order valence-electron chi connectivity index (χ0n) is 9.35. The van der Waals surface area contributed by atoms with Gasteiger partial charge in [0.25, 0.3) is 0 Å². The maximum Gasteiger partial charge on any atom is 0.0207 e. The lowest BCUT2D eigenvalue weighted by Crippen LogP contribution is -1.88. The molecule has 0 fully saturated rings. The first-order valence-electron chi connectivity index (χ1n) is 5.68. The van der Waals surface area contributed by atoms with E-state index in [-0.39, 0.29) is 0 Å². The summed E-state index contributed by atoms with van der Waals surface area (Å²) < 4.78 is 0. The zero-order valence-corrected chi connectivity index (χ0v) is 9.35. The van der Waals surface area contributed by atoms with Gasteiger partial charge in [-0.2, -0.15) is 0 Å². The molecule has 0 spiro atoms. The van der Waals surface area contributed by atoms with E-state index in [1.165, 1.54) is 21.9 Å². The first-order chi connectivity index (χ1) is 7.83. The fraction of sp³-hybridized carbons (Fsp3) is 0.125. The monoisotopic (exact) mass is 206 g/mol.